The molecule has 0 saturated carbocycles. The average molecular weight is 213 g/mol. The second-order valence-corrected chi connectivity index (χ2v) is 3.74. The maximum atomic E-state index is 5.91. The summed E-state index contributed by atoms with van der Waals surface area (Å²) in [6.07, 6.45) is 0. The Morgan fingerprint density at radius 3 is 2.88 bits per heavy atom. The fourth-order valence-corrected chi connectivity index (χ4v) is 1.78. The van der Waals surface area contributed by atoms with Crippen LogP contribution in [0.4, 0.5) is 5.69 Å². The van der Waals surface area contributed by atoms with Gasteiger partial charge in [0.25, 0.3) is 0 Å². The second-order valence-electron chi connectivity index (χ2n) is 3.74. The van der Waals surface area contributed by atoms with Crippen LogP contribution in [0.3, 0.4) is 0 Å². The molecule has 0 aliphatic rings. The molecule has 80 valence electrons. The molecule has 1 aromatic carbocycles. The van der Waals surface area contributed by atoms with Gasteiger partial charge in [-0.3, -0.25) is 5.10 Å². The molecule has 0 fully saturated rings. The van der Waals surface area contributed by atoms with Crippen molar-refractivity contribution in [1.82, 2.24) is 19.8 Å². The van der Waals surface area contributed by atoms with Gasteiger partial charge in [-0.2, -0.15) is 0 Å². The van der Waals surface area contributed by atoms with Crippen LogP contribution in [-0.4, -0.2) is 19.8 Å². The Morgan fingerprint density at radius 1 is 1.25 bits per heavy atom. The minimum Gasteiger partial charge on any atom is -0.398 e. The molecule has 3 rings (SSSR count). The van der Waals surface area contributed by atoms with E-state index < -0.39 is 0 Å². The summed E-state index contributed by atoms with van der Waals surface area (Å²) in [5.41, 5.74) is 9.34. The van der Waals surface area contributed by atoms with E-state index in [4.69, 9.17) is 5.73 Å². The Hall–Kier alpha value is -2.30. The summed E-state index contributed by atoms with van der Waals surface area (Å²) in [7, 11) is 0. The summed E-state index contributed by atoms with van der Waals surface area (Å²) in [6.45, 7) is 1.98. The van der Waals surface area contributed by atoms with Crippen LogP contribution in [0, 0.1) is 6.92 Å². The first-order chi connectivity index (χ1) is 7.75. The molecule has 0 aliphatic heterocycles. The van der Waals surface area contributed by atoms with E-state index >= 15 is 0 Å². The van der Waals surface area contributed by atoms with Crippen molar-refractivity contribution >= 4 is 11.3 Å². The largest absolute Gasteiger partial charge is 0.398 e. The number of aromatic nitrogens is 4. The number of aryl methyl sites for hydroxylation is 1. The van der Waals surface area contributed by atoms with Gasteiger partial charge in [0.05, 0.1) is 0 Å². The number of aromatic amines is 1. The number of benzene rings is 1. The molecule has 5 nitrogen and oxygen atoms in total. The number of anilines is 1. The highest BCUT2D eigenvalue weighted by molar-refractivity contribution is 5.72. The molecule has 16 heavy (non-hydrogen) atoms. The van der Waals surface area contributed by atoms with Crippen LogP contribution < -0.4 is 5.73 Å². The quantitative estimate of drug-likeness (QED) is 0.603. The number of nitrogens with zero attached hydrogens (tertiary/aromatic N) is 3. The molecule has 5 heteroatoms. The summed E-state index contributed by atoms with van der Waals surface area (Å²) in [5.74, 6) is 0.737. The monoisotopic (exact) mass is 213 g/mol. The van der Waals surface area contributed by atoms with Gasteiger partial charge < -0.3 is 5.73 Å². The molecule has 0 bridgehead atoms. The highest BCUT2D eigenvalue weighted by Crippen LogP contribution is 2.23. The molecular weight excluding hydrogens is 202 g/mol. The van der Waals surface area contributed by atoms with Crippen LogP contribution in [-0.2, 0) is 0 Å². The Morgan fingerprint density at radius 2 is 2.06 bits per heavy atom. The molecule has 2 aromatic heterocycles. The van der Waals surface area contributed by atoms with E-state index in [1.54, 1.807) is 0 Å². The first kappa shape index (κ1) is 8.96. The van der Waals surface area contributed by atoms with Gasteiger partial charge in [-0.1, -0.05) is 12.1 Å². The number of hydrogen-bond acceptors (Lipinski definition) is 3. The zero-order chi connectivity index (χ0) is 11.1. The van der Waals surface area contributed by atoms with Crippen molar-refractivity contribution in [3.63, 3.8) is 0 Å². The molecule has 0 radical (unpaired) electrons. The van der Waals surface area contributed by atoms with Gasteiger partial charge >= 0.3 is 0 Å². The maximum absolute atomic E-state index is 5.91. The summed E-state index contributed by atoms with van der Waals surface area (Å²) in [6, 6.07) is 9.56. The van der Waals surface area contributed by atoms with E-state index in [0.29, 0.717) is 5.69 Å². The average Bonchev–Trinajstić information content (AvgIpc) is 2.78. The van der Waals surface area contributed by atoms with Crippen LogP contribution in [0.5, 0.6) is 0 Å². The van der Waals surface area contributed by atoms with Gasteiger partial charge in [-0.25, -0.2) is 4.52 Å². The Kier molecular flexibility index (Phi) is 1.73. The number of hydrogen-bond donors (Lipinski definition) is 2. The van der Waals surface area contributed by atoms with Crippen LogP contribution in [0.1, 0.15) is 5.69 Å². The van der Waals surface area contributed by atoms with Gasteiger partial charge in [0.15, 0.2) is 11.5 Å². The number of nitrogens with two attached hydrogens (primary N) is 1. The molecule has 0 spiro atoms. The SMILES string of the molecule is Cc1cc2nnc(-c3ccccc3N)n2[nH]1. The van der Waals surface area contributed by atoms with Gasteiger partial charge in [0.1, 0.15) is 0 Å². The number of para-hydroxylation sites is 1. The number of nitrogen functional groups attached to an aromatic ring is 1. The van der Waals surface area contributed by atoms with Gasteiger partial charge in [-0.15, -0.1) is 10.2 Å². The lowest BCUT2D eigenvalue weighted by molar-refractivity contribution is 0.939. The van der Waals surface area contributed by atoms with Crippen LogP contribution in [0.25, 0.3) is 17.0 Å². The fourth-order valence-electron chi connectivity index (χ4n) is 1.78. The van der Waals surface area contributed by atoms with Crippen molar-refractivity contribution in [2.45, 2.75) is 6.92 Å². The Labute approximate surface area is 91.9 Å². The smallest absolute Gasteiger partial charge is 0.185 e. The topological polar surface area (TPSA) is 72.0 Å². The minimum atomic E-state index is 0.698. The molecule has 3 N–H and O–H groups in total. The zero-order valence-electron chi connectivity index (χ0n) is 8.81. The van der Waals surface area contributed by atoms with Crippen LogP contribution in [0.2, 0.25) is 0 Å². The molecule has 0 atom stereocenters. The summed E-state index contributed by atoms with van der Waals surface area (Å²) in [4.78, 5) is 0. The number of nitrogens with one attached hydrogen (secondary N) is 1. The van der Waals surface area contributed by atoms with Gasteiger partial charge in [0, 0.05) is 23.0 Å². The van der Waals surface area contributed by atoms with Crippen LogP contribution >= 0.6 is 0 Å². The predicted octanol–water partition coefficient (Wildman–Crippen LogP) is 1.62. The third-order valence-corrected chi connectivity index (χ3v) is 2.52. The molecule has 0 saturated heterocycles. The van der Waals surface area contributed by atoms with E-state index in [0.717, 1.165) is 22.7 Å². The number of H-pyrrole nitrogens is 1. The molecule has 3 aromatic rings. The van der Waals surface area contributed by atoms with E-state index in [1.807, 2.05) is 41.8 Å². The Bertz CT molecular complexity index is 649. The summed E-state index contributed by atoms with van der Waals surface area (Å²) >= 11 is 0. The van der Waals surface area contributed by atoms with E-state index in [9.17, 15) is 0 Å². The summed E-state index contributed by atoms with van der Waals surface area (Å²) < 4.78 is 1.83. The standard InChI is InChI=1S/C11H11N5/c1-7-6-10-13-14-11(16(10)15-7)8-4-2-3-5-9(8)12/h2-6,15H,12H2,1H3. The first-order valence-corrected chi connectivity index (χ1v) is 5.01. The summed E-state index contributed by atoms with van der Waals surface area (Å²) in [5, 5.41) is 11.4. The van der Waals surface area contributed by atoms with Crippen molar-refractivity contribution in [2.75, 3.05) is 5.73 Å². The number of rotatable bonds is 1. The lowest BCUT2D eigenvalue weighted by Crippen LogP contribution is -1.95. The van der Waals surface area contributed by atoms with E-state index in [-0.39, 0.29) is 0 Å². The van der Waals surface area contributed by atoms with E-state index in [2.05, 4.69) is 15.3 Å². The molecular formula is C11H11N5. The van der Waals surface area contributed by atoms with Crippen molar-refractivity contribution in [3.8, 4) is 11.4 Å². The fraction of sp³-hybridized carbons (Fsp3) is 0.0909. The van der Waals surface area contributed by atoms with Crippen molar-refractivity contribution in [3.05, 3.63) is 36.0 Å². The maximum Gasteiger partial charge on any atom is 0.185 e. The Balaban J connectivity index is 2.30. The first-order valence-electron chi connectivity index (χ1n) is 5.01. The second kappa shape index (κ2) is 3.10. The minimum absolute atomic E-state index is 0.698. The molecule has 0 unspecified atom stereocenters. The predicted molar refractivity (Wildman–Crippen MR) is 61.9 cm³/mol. The van der Waals surface area contributed by atoms with Crippen LogP contribution in [0.15, 0.2) is 30.3 Å². The normalized spacial score (nSPS) is 11.1. The lowest BCUT2D eigenvalue weighted by Gasteiger charge is -2.01. The molecule has 0 amide bonds. The van der Waals surface area contributed by atoms with E-state index in [1.165, 1.54) is 0 Å². The molecule has 2 heterocycles. The number of fused-ring (bicyclic) bond motifs is 1. The third kappa shape index (κ3) is 1.18. The highest BCUT2D eigenvalue weighted by Gasteiger charge is 2.11. The highest BCUT2D eigenvalue weighted by atomic mass is 15.4. The lowest BCUT2D eigenvalue weighted by atomic mass is 10.2. The van der Waals surface area contributed by atoms with Crippen molar-refractivity contribution < 1.29 is 0 Å². The van der Waals surface area contributed by atoms with Gasteiger partial charge in [0.2, 0.25) is 0 Å². The molecule has 0 aliphatic carbocycles. The third-order valence-electron chi connectivity index (χ3n) is 2.52. The van der Waals surface area contributed by atoms with Crippen molar-refractivity contribution in [2.24, 2.45) is 0 Å². The van der Waals surface area contributed by atoms with Crippen molar-refractivity contribution in [1.29, 1.82) is 0 Å². The zero-order valence-corrected chi connectivity index (χ0v) is 8.81. The van der Waals surface area contributed by atoms with Gasteiger partial charge in [-0.05, 0) is 19.1 Å².